The molecule has 0 N–H and O–H groups in total. The van der Waals surface area contributed by atoms with Crippen LogP contribution in [0.3, 0.4) is 0 Å². The lowest BCUT2D eigenvalue weighted by molar-refractivity contribution is -0.144. The van der Waals surface area contributed by atoms with Crippen LogP contribution in [0.2, 0.25) is 0 Å². The van der Waals surface area contributed by atoms with Gasteiger partial charge in [0.25, 0.3) is 0 Å². The maximum absolute atomic E-state index is 11.9. The predicted molar refractivity (Wildman–Crippen MR) is 205 cm³/mol. The molecule has 1 aromatic rings. The Bertz CT molecular complexity index is 947. The molecule has 0 aliphatic rings. The summed E-state index contributed by atoms with van der Waals surface area (Å²) < 4.78 is 22.7. The van der Waals surface area contributed by atoms with Crippen molar-refractivity contribution < 1.29 is 33.3 Å². The van der Waals surface area contributed by atoms with E-state index in [0.717, 1.165) is 115 Å². The van der Waals surface area contributed by atoms with Crippen LogP contribution >= 0.6 is 0 Å². The van der Waals surface area contributed by atoms with Crippen LogP contribution in [-0.2, 0) is 19.1 Å². The SMILES string of the molecule is CCCCCCCCCC(=O)OCCCCCCCCOc1ccc(C=O)c(OCCCCCCCCOC(=O)CCCCCCCCC)c1. The van der Waals surface area contributed by atoms with Crippen LogP contribution in [0, 0.1) is 0 Å². The highest BCUT2D eigenvalue weighted by Gasteiger charge is 2.07. The minimum Gasteiger partial charge on any atom is -0.493 e. The number of rotatable bonds is 37. The molecule has 0 saturated heterocycles. The molecular weight excluding hydrogens is 628 g/mol. The molecule has 0 aromatic heterocycles. The summed E-state index contributed by atoms with van der Waals surface area (Å²) in [5.74, 6) is 1.22. The Hall–Kier alpha value is -2.57. The molecule has 50 heavy (non-hydrogen) atoms. The highest BCUT2D eigenvalue weighted by atomic mass is 16.5. The van der Waals surface area contributed by atoms with Crippen molar-refractivity contribution in [2.24, 2.45) is 0 Å². The normalized spacial score (nSPS) is 11.0. The van der Waals surface area contributed by atoms with E-state index in [1.807, 2.05) is 12.1 Å². The van der Waals surface area contributed by atoms with Gasteiger partial charge in [0.05, 0.1) is 32.0 Å². The molecule has 0 saturated carbocycles. The number of ether oxygens (including phenoxy) is 4. The van der Waals surface area contributed by atoms with Crippen LogP contribution in [0.25, 0.3) is 0 Å². The molecule has 0 amide bonds. The van der Waals surface area contributed by atoms with E-state index < -0.39 is 0 Å². The predicted octanol–water partition coefficient (Wildman–Crippen LogP) is 12.3. The summed E-state index contributed by atoms with van der Waals surface area (Å²) in [6.45, 7) is 6.73. The van der Waals surface area contributed by atoms with Crippen molar-refractivity contribution in [2.75, 3.05) is 26.4 Å². The van der Waals surface area contributed by atoms with Gasteiger partial charge in [0.1, 0.15) is 11.5 Å². The minimum atomic E-state index is -0.0484. The average molecular weight is 703 g/mol. The van der Waals surface area contributed by atoms with Crippen molar-refractivity contribution in [3.63, 3.8) is 0 Å². The molecule has 0 atom stereocenters. The number of carbonyl (C=O) groups is 3. The van der Waals surface area contributed by atoms with Crippen molar-refractivity contribution in [3.05, 3.63) is 23.8 Å². The van der Waals surface area contributed by atoms with E-state index >= 15 is 0 Å². The molecule has 0 aliphatic carbocycles. The fourth-order valence-electron chi connectivity index (χ4n) is 5.99. The quantitative estimate of drug-likeness (QED) is 0.0387. The Morgan fingerprint density at radius 1 is 0.480 bits per heavy atom. The second kappa shape index (κ2) is 34.9. The second-order valence-corrected chi connectivity index (χ2v) is 13.9. The third-order valence-corrected chi connectivity index (χ3v) is 9.21. The van der Waals surface area contributed by atoms with Gasteiger partial charge in [0.2, 0.25) is 0 Å². The molecular formula is C43H74O7. The summed E-state index contributed by atoms with van der Waals surface area (Å²) in [7, 11) is 0. The average Bonchev–Trinajstić information content (AvgIpc) is 3.12. The van der Waals surface area contributed by atoms with Crippen LogP contribution in [-0.4, -0.2) is 44.7 Å². The lowest BCUT2D eigenvalue weighted by atomic mass is 10.1. The fourth-order valence-corrected chi connectivity index (χ4v) is 5.99. The van der Waals surface area contributed by atoms with E-state index in [9.17, 15) is 14.4 Å². The van der Waals surface area contributed by atoms with Gasteiger partial charge in [-0.15, -0.1) is 0 Å². The lowest BCUT2D eigenvalue weighted by Crippen LogP contribution is -2.05. The van der Waals surface area contributed by atoms with Crippen LogP contribution in [0.1, 0.15) is 204 Å². The zero-order valence-corrected chi connectivity index (χ0v) is 32.3. The molecule has 0 radical (unpaired) electrons. The number of carbonyl (C=O) groups excluding carboxylic acids is 3. The second-order valence-electron chi connectivity index (χ2n) is 13.9. The van der Waals surface area contributed by atoms with Crippen molar-refractivity contribution in [2.45, 2.75) is 194 Å². The molecule has 0 unspecified atom stereocenters. The first-order valence-corrected chi connectivity index (χ1v) is 20.8. The Kier molecular flexibility index (Phi) is 31.7. The van der Waals surface area contributed by atoms with E-state index in [1.54, 1.807) is 6.07 Å². The van der Waals surface area contributed by atoms with E-state index in [1.165, 1.54) is 64.2 Å². The number of esters is 2. The standard InChI is InChI=1S/C43H74O7/c1-3-5-7-9-11-17-23-29-42(45)49-35-27-21-15-13-19-25-33-47-40-32-31-39(38-44)41(37-40)48-34-26-20-14-16-22-28-36-50-43(46)30-24-18-12-10-8-6-4-2/h31-32,37-38H,3-30,33-36H2,1-2H3. The molecule has 1 rings (SSSR count). The van der Waals surface area contributed by atoms with E-state index in [0.29, 0.717) is 50.6 Å². The van der Waals surface area contributed by atoms with E-state index in [-0.39, 0.29) is 11.9 Å². The maximum Gasteiger partial charge on any atom is 0.305 e. The van der Waals surface area contributed by atoms with Gasteiger partial charge in [-0.05, 0) is 50.7 Å². The third-order valence-electron chi connectivity index (χ3n) is 9.21. The van der Waals surface area contributed by atoms with Gasteiger partial charge in [-0.1, -0.05) is 142 Å². The largest absolute Gasteiger partial charge is 0.493 e. The lowest BCUT2D eigenvalue weighted by Gasteiger charge is -2.12. The highest BCUT2D eigenvalue weighted by molar-refractivity contribution is 5.79. The maximum atomic E-state index is 11.9. The Morgan fingerprint density at radius 3 is 1.30 bits per heavy atom. The Balaban J connectivity index is 2.00. The van der Waals surface area contributed by atoms with Crippen LogP contribution in [0.4, 0.5) is 0 Å². The summed E-state index contributed by atoms with van der Waals surface area (Å²) in [6.07, 6.45) is 31.5. The molecule has 0 aliphatic heterocycles. The smallest absolute Gasteiger partial charge is 0.305 e. The van der Waals surface area contributed by atoms with Gasteiger partial charge in [-0.25, -0.2) is 0 Å². The fraction of sp³-hybridized carbons (Fsp3) is 0.791. The number of unbranched alkanes of at least 4 members (excludes halogenated alkanes) is 22. The molecule has 0 bridgehead atoms. The van der Waals surface area contributed by atoms with Crippen molar-refractivity contribution in [1.82, 2.24) is 0 Å². The van der Waals surface area contributed by atoms with E-state index in [2.05, 4.69) is 13.8 Å². The minimum absolute atomic E-state index is 0.0433. The zero-order valence-electron chi connectivity index (χ0n) is 32.3. The summed E-state index contributed by atoms with van der Waals surface area (Å²) in [5, 5.41) is 0. The third kappa shape index (κ3) is 28.2. The first-order valence-electron chi connectivity index (χ1n) is 20.8. The van der Waals surface area contributed by atoms with Crippen molar-refractivity contribution >= 4 is 18.2 Å². The molecule has 7 nitrogen and oxygen atoms in total. The molecule has 1 aromatic carbocycles. The summed E-state index contributed by atoms with van der Waals surface area (Å²) in [6, 6.07) is 5.42. The zero-order chi connectivity index (χ0) is 36.2. The van der Waals surface area contributed by atoms with Crippen molar-refractivity contribution in [3.8, 4) is 11.5 Å². The summed E-state index contributed by atoms with van der Waals surface area (Å²) >= 11 is 0. The monoisotopic (exact) mass is 703 g/mol. The molecule has 0 fully saturated rings. The Labute approximate surface area is 306 Å². The highest BCUT2D eigenvalue weighted by Crippen LogP contribution is 2.25. The van der Waals surface area contributed by atoms with Crippen LogP contribution in [0.15, 0.2) is 18.2 Å². The first kappa shape index (κ1) is 45.5. The van der Waals surface area contributed by atoms with Gasteiger partial charge in [0, 0.05) is 18.9 Å². The molecule has 7 heteroatoms. The summed E-state index contributed by atoms with van der Waals surface area (Å²) in [5.41, 5.74) is 0.544. The topological polar surface area (TPSA) is 88.1 Å². The number of aldehydes is 1. The van der Waals surface area contributed by atoms with Crippen LogP contribution in [0.5, 0.6) is 11.5 Å². The van der Waals surface area contributed by atoms with Crippen molar-refractivity contribution in [1.29, 1.82) is 0 Å². The van der Waals surface area contributed by atoms with Gasteiger partial charge in [-0.2, -0.15) is 0 Å². The number of benzene rings is 1. The van der Waals surface area contributed by atoms with Gasteiger partial charge in [-0.3, -0.25) is 14.4 Å². The van der Waals surface area contributed by atoms with Gasteiger partial charge < -0.3 is 18.9 Å². The van der Waals surface area contributed by atoms with Crippen LogP contribution < -0.4 is 9.47 Å². The van der Waals surface area contributed by atoms with Gasteiger partial charge >= 0.3 is 11.9 Å². The first-order chi connectivity index (χ1) is 24.6. The number of hydrogen-bond acceptors (Lipinski definition) is 7. The Morgan fingerprint density at radius 2 is 0.860 bits per heavy atom. The molecule has 0 heterocycles. The van der Waals surface area contributed by atoms with Gasteiger partial charge in [0.15, 0.2) is 6.29 Å². The molecule has 288 valence electrons. The molecule has 0 spiro atoms. The number of hydrogen-bond donors (Lipinski definition) is 0. The summed E-state index contributed by atoms with van der Waals surface area (Å²) in [4.78, 5) is 35.3. The van der Waals surface area contributed by atoms with E-state index in [4.69, 9.17) is 18.9 Å².